The molecule has 1 aliphatic rings. The zero-order chi connectivity index (χ0) is 44.0. The number of azo groups is 1. The highest BCUT2D eigenvalue weighted by Gasteiger charge is 2.52. The van der Waals surface area contributed by atoms with Crippen LogP contribution < -0.4 is 15.0 Å². The lowest BCUT2D eigenvalue weighted by Crippen LogP contribution is -2.63. The Morgan fingerprint density at radius 2 is 1.53 bits per heavy atom. The van der Waals surface area contributed by atoms with Crippen molar-refractivity contribution in [3.8, 4) is 11.8 Å². The van der Waals surface area contributed by atoms with Gasteiger partial charge in [0.15, 0.2) is 24.6 Å². The molecule has 5 atom stereocenters. The van der Waals surface area contributed by atoms with Crippen LogP contribution in [0.1, 0.15) is 80.5 Å². The fourth-order valence-electron chi connectivity index (χ4n) is 6.35. The zero-order valence-corrected chi connectivity index (χ0v) is 35.5. The molecule has 0 radical (unpaired) electrons. The molecule has 20 heteroatoms. The summed E-state index contributed by atoms with van der Waals surface area (Å²) < 4.78 is 46.3. The molecule has 0 bridgehead atoms. The number of anilines is 2. The number of hydrogen-bond acceptors (Lipinski definition) is 18. The van der Waals surface area contributed by atoms with Crippen LogP contribution >= 0.6 is 0 Å². The van der Waals surface area contributed by atoms with Gasteiger partial charge in [0.05, 0.1) is 50.5 Å². The lowest BCUT2D eigenvalue weighted by molar-refractivity contribution is -0.309. The Morgan fingerprint density at radius 3 is 2.07 bits per heavy atom. The van der Waals surface area contributed by atoms with Crippen LogP contribution in [0.5, 0.6) is 5.75 Å². The Bertz CT molecular complexity index is 1880. The van der Waals surface area contributed by atoms with Crippen molar-refractivity contribution in [3.63, 3.8) is 0 Å². The molecule has 0 spiro atoms. The maximum absolute atomic E-state index is 12.1. The molecule has 1 aliphatic heterocycles. The van der Waals surface area contributed by atoms with Gasteiger partial charge in [-0.05, 0) is 19.9 Å². The SMILES string of the molecule is CCN(CC)c1cc(NC(C)=O)c(/N=N/c2nn(CCOCCOC3OC(COC(C)=O)C(OC(C)=O)C(OC(C)=O)C3OC(C)=O)c(C(C)(C)C)c2C#N)cc1OC. The Morgan fingerprint density at radius 1 is 0.898 bits per heavy atom. The van der Waals surface area contributed by atoms with Crippen LogP contribution in [-0.2, 0) is 69.1 Å². The molecule has 2 heterocycles. The first-order valence-electron chi connectivity index (χ1n) is 19.0. The van der Waals surface area contributed by atoms with E-state index in [0.717, 1.165) is 26.5 Å². The summed E-state index contributed by atoms with van der Waals surface area (Å²) in [6, 6.07) is 5.64. The number of methoxy groups -OCH3 is 1. The quantitative estimate of drug-likeness (QED) is 0.0893. The minimum Gasteiger partial charge on any atom is -0.494 e. The third-order valence-electron chi connectivity index (χ3n) is 8.63. The van der Waals surface area contributed by atoms with Crippen molar-refractivity contribution in [1.29, 1.82) is 5.26 Å². The predicted molar refractivity (Wildman–Crippen MR) is 209 cm³/mol. The van der Waals surface area contributed by atoms with Crippen LogP contribution in [0.25, 0.3) is 0 Å². The van der Waals surface area contributed by atoms with Crippen molar-refractivity contribution < 1.29 is 61.9 Å². The fourth-order valence-corrected chi connectivity index (χ4v) is 6.35. The summed E-state index contributed by atoms with van der Waals surface area (Å²) in [5, 5.41) is 26.5. The summed E-state index contributed by atoms with van der Waals surface area (Å²) in [6.45, 7) is 16.9. The van der Waals surface area contributed by atoms with Crippen molar-refractivity contribution >= 4 is 52.7 Å². The highest BCUT2D eigenvalue weighted by atomic mass is 16.7. The first-order valence-corrected chi connectivity index (χ1v) is 19.0. The third-order valence-corrected chi connectivity index (χ3v) is 8.63. The van der Waals surface area contributed by atoms with Gasteiger partial charge >= 0.3 is 23.9 Å². The normalized spacial score (nSPS) is 19.1. The van der Waals surface area contributed by atoms with Crippen LogP contribution in [-0.4, -0.2) is 117 Å². The Balaban J connectivity index is 1.83. The van der Waals surface area contributed by atoms with Gasteiger partial charge in [-0.15, -0.1) is 15.3 Å². The monoisotopic (exact) mass is 829 g/mol. The molecule has 3 rings (SSSR count). The highest BCUT2D eigenvalue weighted by molar-refractivity contribution is 5.93. The van der Waals surface area contributed by atoms with Crippen LogP contribution in [0.4, 0.5) is 22.9 Å². The molecule has 1 aromatic heterocycles. The van der Waals surface area contributed by atoms with E-state index in [9.17, 15) is 29.2 Å². The molecule has 20 nitrogen and oxygen atoms in total. The standard InChI is InChI=1S/C39H55N7O13/c1-12-45(13-2)30-18-28(41-22(3)47)29(19-31(30)52-11)42-43-37-27(20-40)36(39(8,9)10)46(44-37)14-15-53-16-17-54-38-35(58-26(7)51)34(57-25(6)50)33(56-24(5)49)32(59-38)21-55-23(4)48/h18-19,32-35,38H,12-17,21H2,1-11H3,(H,41,47)/b43-42+. The largest absolute Gasteiger partial charge is 0.494 e. The number of hydrogen-bond donors (Lipinski definition) is 1. The third kappa shape index (κ3) is 13.4. The molecule has 0 saturated carbocycles. The first-order chi connectivity index (χ1) is 27.8. The molecule has 1 N–H and O–H groups in total. The molecule has 1 aromatic carbocycles. The van der Waals surface area contributed by atoms with E-state index >= 15 is 0 Å². The molecule has 0 aliphatic carbocycles. The van der Waals surface area contributed by atoms with Crippen molar-refractivity contribution in [3.05, 3.63) is 23.4 Å². The van der Waals surface area contributed by atoms with Crippen molar-refractivity contribution in [2.24, 2.45) is 10.2 Å². The van der Waals surface area contributed by atoms with E-state index in [0.29, 0.717) is 35.9 Å². The zero-order valence-electron chi connectivity index (χ0n) is 35.5. The van der Waals surface area contributed by atoms with Gasteiger partial charge in [-0.3, -0.25) is 28.7 Å². The minimum absolute atomic E-state index is 0.00604. The number of aromatic nitrogens is 2. The summed E-state index contributed by atoms with van der Waals surface area (Å²) in [5.74, 6) is -2.65. The van der Waals surface area contributed by atoms with Gasteiger partial charge < -0.3 is 48.1 Å². The molecule has 1 amide bonds. The van der Waals surface area contributed by atoms with Crippen molar-refractivity contribution in [1.82, 2.24) is 9.78 Å². The molecule has 5 unspecified atom stereocenters. The Labute approximate surface area is 343 Å². The van der Waals surface area contributed by atoms with E-state index < -0.39 is 66.6 Å². The molecular weight excluding hydrogens is 774 g/mol. The number of carbonyl (C=O) groups is 5. The van der Waals surface area contributed by atoms with Crippen LogP contribution in [0, 0.1) is 11.3 Å². The van der Waals surface area contributed by atoms with Gasteiger partial charge in [-0.1, -0.05) is 20.8 Å². The Hall–Kier alpha value is -5.65. The molecule has 59 heavy (non-hydrogen) atoms. The fraction of sp³-hybridized carbons (Fsp3) is 0.615. The summed E-state index contributed by atoms with van der Waals surface area (Å²) in [5.41, 5.74) is 1.70. The van der Waals surface area contributed by atoms with Gasteiger partial charge in [0, 0.05) is 59.2 Å². The summed E-state index contributed by atoms with van der Waals surface area (Å²) in [4.78, 5) is 62.1. The van der Waals surface area contributed by atoms with E-state index in [-0.39, 0.29) is 43.7 Å². The number of ether oxygens (including phenoxy) is 8. The van der Waals surface area contributed by atoms with Crippen molar-refractivity contribution in [2.45, 2.75) is 112 Å². The number of amides is 1. The van der Waals surface area contributed by atoms with E-state index in [4.69, 9.17) is 37.9 Å². The molecule has 1 fully saturated rings. The van der Waals surface area contributed by atoms with Crippen LogP contribution in [0.2, 0.25) is 0 Å². The smallest absolute Gasteiger partial charge is 0.303 e. The van der Waals surface area contributed by atoms with E-state index in [1.807, 2.05) is 34.6 Å². The Kier molecular flexibility index (Phi) is 17.7. The second kappa shape index (κ2) is 21.9. The number of nitriles is 1. The van der Waals surface area contributed by atoms with Crippen molar-refractivity contribution in [2.75, 3.05) is 56.8 Å². The highest BCUT2D eigenvalue weighted by Crippen LogP contribution is 2.40. The van der Waals surface area contributed by atoms with Gasteiger partial charge in [0.25, 0.3) is 0 Å². The molecule has 1 saturated heterocycles. The number of nitrogens with one attached hydrogen (secondary N) is 1. The molecule has 2 aromatic rings. The van der Waals surface area contributed by atoms with Gasteiger partial charge in [0.1, 0.15) is 35.8 Å². The average molecular weight is 830 g/mol. The van der Waals surface area contributed by atoms with Gasteiger partial charge in [-0.25, -0.2) is 0 Å². The lowest BCUT2D eigenvalue weighted by Gasteiger charge is -2.44. The topological polar surface area (TPSA) is 241 Å². The maximum atomic E-state index is 12.1. The summed E-state index contributed by atoms with van der Waals surface area (Å²) >= 11 is 0. The summed E-state index contributed by atoms with van der Waals surface area (Å²) in [6.07, 6.45) is -6.58. The van der Waals surface area contributed by atoms with E-state index in [1.54, 1.807) is 16.8 Å². The number of esters is 4. The predicted octanol–water partition coefficient (Wildman–Crippen LogP) is 4.40. The van der Waals surface area contributed by atoms with Crippen LogP contribution in [0.15, 0.2) is 22.4 Å². The average Bonchev–Trinajstić information content (AvgIpc) is 3.51. The first kappa shape index (κ1) is 47.7. The molecule has 324 valence electrons. The number of nitrogens with zero attached hydrogens (tertiary/aromatic N) is 6. The van der Waals surface area contributed by atoms with Gasteiger partial charge in [-0.2, -0.15) is 5.26 Å². The second-order valence-corrected chi connectivity index (χ2v) is 14.3. The van der Waals surface area contributed by atoms with Gasteiger partial charge in [0.2, 0.25) is 11.7 Å². The molecular formula is C39H55N7O13. The van der Waals surface area contributed by atoms with E-state index in [2.05, 4.69) is 31.6 Å². The lowest BCUT2D eigenvalue weighted by atomic mass is 9.89. The minimum atomic E-state index is -1.37. The number of rotatable bonds is 19. The number of benzene rings is 1. The maximum Gasteiger partial charge on any atom is 0.303 e. The van der Waals surface area contributed by atoms with E-state index in [1.165, 1.54) is 21.0 Å². The summed E-state index contributed by atoms with van der Waals surface area (Å²) in [7, 11) is 1.54. The second-order valence-electron chi connectivity index (χ2n) is 14.3. The number of carbonyl (C=O) groups excluding carboxylic acids is 5. The van der Waals surface area contributed by atoms with Crippen LogP contribution in [0.3, 0.4) is 0 Å².